The molecular formula is C15H26N4O2. The number of hydrogen-bond acceptors (Lipinski definition) is 4. The fraction of sp³-hybridized carbons (Fsp3) is 0.600. The van der Waals surface area contributed by atoms with Gasteiger partial charge in [-0.15, -0.1) is 0 Å². The molecule has 1 amide bonds. The molecule has 21 heavy (non-hydrogen) atoms. The Morgan fingerprint density at radius 3 is 2.29 bits per heavy atom. The Kier molecular flexibility index (Phi) is 8.92. The van der Waals surface area contributed by atoms with E-state index in [-0.39, 0.29) is 17.5 Å². The van der Waals surface area contributed by atoms with E-state index in [0.717, 1.165) is 6.42 Å². The third-order valence-electron chi connectivity index (χ3n) is 2.90. The van der Waals surface area contributed by atoms with Gasteiger partial charge >= 0.3 is 0 Å². The van der Waals surface area contributed by atoms with Crippen LogP contribution in [0.2, 0.25) is 0 Å². The molecule has 0 rings (SSSR count). The van der Waals surface area contributed by atoms with E-state index in [2.05, 4.69) is 27.5 Å². The third kappa shape index (κ3) is 7.39. The van der Waals surface area contributed by atoms with Crippen LogP contribution in [0.3, 0.4) is 0 Å². The highest BCUT2D eigenvalue weighted by atomic mass is 16.2. The van der Waals surface area contributed by atoms with E-state index in [9.17, 15) is 9.59 Å². The van der Waals surface area contributed by atoms with Crippen LogP contribution in [0.1, 0.15) is 41.0 Å². The summed E-state index contributed by atoms with van der Waals surface area (Å²) in [5.74, 6) is 0.297. The molecule has 0 radical (unpaired) electrons. The summed E-state index contributed by atoms with van der Waals surface area (Å²) in [5.41, 5.74) is 0.824. The number of aldehydes is 1. The molecule has 0 saturated carbocycles. The molecule has 0 spiro atoms. The number of guanidine groups is 1. The van der Waals surface area contributed by atoms with Crippen molar-refractivity contribution in [3.8, 4) is 0 Å². The number of rotatable bonds is 6. The van der Waals surface area contributed by atoms with Crippen molar-refractivity contribution in [2.75, 3.05) is 7.05 Å². The van der Waals surface area contributed by atoms with Crippen LogP contribution in [0.15, 0.2) is 21.4 Å². The normalized spacial score (nSPS) is 14.9. The molecule has 0 aromatic rings. The number of carbonyl (C=O) groups is 2. The second-order valence-electron chi connectivity index (χ2n) is 5.13. The predicted octanol–water partition coefficient (Wildman–Crippen LogP) is 1.88. The molecule has 1 atom stereocenters. The molecule has 0 aromatic carbocycles. The van der Waals surface area contributed by atoms with Crippen LogP contribution in [-0.4, -0.2) is 31.4 Å². The minimum Gasteiger partial charge on any atom is -0.328 e. The number of allylic oxidation sites excluding steroid dienone is 2. The van der Waals surface area contributed by atoms with Crippen molar-refractivity contribution in [1.82, 2.24) is 10.6 Å². The first kappa shape index (κ1) is 19.0. The van der Waals surface area contributed by atoms with Crippen LogP contribution in [0, 0.1) is 11.8 Å². The maximum atomic E-state index is 11.6. The maximum absolute atomic E-state index is 11.6. The Balaban J connectivity index is 4.97. The number of carbonyl (C=O) groups excluding carboxylic acids is 2. The zero-order valence-electron chi connectivity index (χ0n) is 13.7. The Morgan fingerprint density at radius 2 is 1.86 bits per heavy atom. The Morgan fingerprint density at radius 1 is 1.24 bits per heavy atom. The van der Waals surface area contributed by atoms with Crippen molar-refractivity contribution in [2.24, 2.45) is 21.8 Å². The van der Waals surface area contributed by atoms with Crippen molar-refractivity contribution >= 4 is 24.4 Å². The van der Waals surface area contributed by atoms with Crippen LogP contribution in [-0.2, 0) is 9.59 Å². The van der Waals surface area contributed by atoms with Crippen LogP contribution < -0.4 is 10.6 Å². The van der Waals surface area contributed by atoms with Crippen LogP contribution in [0.25, 0.3) is 0 Å². The number of aliphatic imine (C=N–C) groups is 2. The Bertz CT molecular complexity index is 451. The number of hydrogen-bond donors (Lipinski definition) is 2. The number of nitrogens with one attached hydrogen (secondary N) is 2. The molecule has 118 valence electrons. The first-order valence-electron chi connectivity index (χ1n) is 7.10. The monoisotopic (exact) mass is 294 g/mol. The topological polar surface area (TPSA) is 82.9 Å². The van der Waals surface area contributed by atoms with Gasteiger partial charge in [0.25, 0.3) is 0 Å². The predicted molar refractivity (Wildman–Crippen MR) is 86.2 cm³/mol. The molecule has 0 aliphatic heterocycles. The van der Waals surface area contributed by atoms with Crippen molar-refractivity contribution in [3.05, 3.63) is 11.4 Å². The second kappa shape index (κ2) is 9.85. The molecule has 6 nitrogen and oxygen atoms in total. The average molecular weight is 294 g/mol. The van der Waals surface area contributed by atoms with E-state index in [1.165, 1.54) is 0 Å². The lowest BCUT2D eigenvalue weighted by atomic mass is 10.1. The molecule has 2 N–H and O–H groups in total. The smallest absolute Gasteiger partial charge is 0.229 e. The minimum absolute atomic E-state index is 0.147. The van der Waals surface area contributed by atoms with Crippen molar-refractivity contribution < 1.29 is 9.59 Å². The zero-order chi connectivity index (χ0) is 16.4. The number of nitrogens with zero attached hydrogens (tertiary/aromatic N) is 2. The average Bonchev–Trinajstić information content (AvgIpc) is 2.46. The van der Waals surface area contributed by atoms with Gasteiger partial charge in [0, 0.05) is 24.9 Å². The highest BCUT2D eigenvalue weighted by Crippen LogP contribution is 2.03. The standard InChI is InChI=1S/C15H26N4O2/c1-7-11(4)8-17-13(9-20)12(5)18-15(16-6)19-14(21)10(2)3/h8-11H,7H2,1-6H3,(H2,16,18,19,21)/b13-12+,17-8?. The summed E-state index contributed by atoms with van der Waals surface area (Å²) in [6.45, 7) is 9.37. The van der Waals surface area contributed by atoms with Crippen molar-refractivity contribution in [3.63, 3.8) is 0 Å². The summed E-state index contributed by atoms with van der Waals surface area (Å²) in [6, 6.07) is 0. The summed E-state index contributed by atoms with van der Waals surface area (Å²) < 4.78 is 0. The van der Waals surface area contributed by atoms with Gasteiger partial charge in [-0.1, -0.05) is 27.7 Å². The molecule has 0 heterocycles. The van der Waals surface area contributed by atoms with Crippen molar-refractivity contribution in [2.45, 2.75) is 41.0 Å². The minimum atomic E-state index is -0.151. The SMILES string of the molecule is CCC(C)C=N/C(C=O)=C(\C)NC(=NC)NC(=O)C(C)C. The van der Waals surface area contributed by atoms with Gasteiger partial charge in [0.15, 0.2) is 6.29 Å². The summed E-state index contributed by atoms with van der Waals surface area (Å²) >= 11 is 0. The van der Waals surface area contributed by atoms with E-state index in [1.807, 2.05) is 6.92 Å². The van der Waals surface area contributed by atoms with Gasteiger partial charge in [-0.2, -0.15) is 0 Å². The molecule has 0 saturated heterocycles. The molecule has 0 aliphatic rings. The lowest BCUT2D eigenvalue weighted by molar-refractivity contribution is -0.122. The molecule has 6 heteroatoms. The first-order valence-corrected chi connectivity index (χ1v) is 7.10. The number of amides is 1. The quantitative estimate of drug-likeness (QED) is 0.339. The fourth-order valence-electron chi connectivity index (χ4n) is 1.17. The fourth-order valence-corrected chi connectivity index (χ4v) is 1.17. The molecule has 0 aromatic heterocycles. The summed E-state index contributed by atoms with van der Waals surface area (Å²) in [5, 5.41) is 5.55. The van der Waals surface area contributed by atoms with Gasteiger partial charge in [0.1, 0.15) is 5.70 Å². The lowest BCUT2D eigenvalue weighted by Crippen LogP contribution is -2.42. The summed E-state index contributed by atoms with van der Waals surface area (Å²) in [4.78, 5) is 30.9. The van der Waals surface area contributed by atoms with Crippen molar-refractivity contribution in [1.29, 1.82) is 0 Å². The largest absolute Gasteiger partial charge is 0.328 e. The van der Waals surface area contributed by atoms with E-state index in [4.69, 9.17) is 0 Å². The molecule has 0 fully saturated rings. The molecule has 0 bridgehead atoms. The summed E-state index contributed by atoms with van der Waals surface area (Å²) in [6.07, 6.45) is 3.37. The van der Waals surface area contributed by atoms with E-state index in [0.29, 0.717) is 23.9 Å². The zero-order valence-corrected chi connectivity index (χ0v) is 13.7. The Hall–Kier alpha value is -1.98. The summed E-state index contributed by atoms with van der Waals surface area (Å²) in [7, 11) is 1.55. The maximum Gasteiger partial charge on any atom is 0.229 e. The second-order valence-corrected chi connectivity index (χ2v) is 5.13. The first-order chi connectivity index (χ1) is 9.85. The highest BCUT2D eigenvalue weighted by molar-refractivity contribution is 5.98. The Labute approximate surface area is 126 Å². The van der Waals surface area contributed by atoms with Gasteiger partial charge < -0.3 is 5.32 Å². The lowest BCUT2D eigenvalue weighted by Gasteiger charge is -2.13. The molecule has 1 unspecified atom stereocenters. The van der Waals surface area contributed by atoms with E-state index in [1.54, 1.807) is 34.0 Å². The molecule has 0 aliphatic carbocycles. The van der Waals surface area contributed by atoms with Gasteiger partial charge in [-0.25, -0.2) is 0 Å². The van der Waals surface area contributed by atoms with Gasteiger partial charge in [-0.05, 0) is 19.3 Å². The van der Waals surface area contributed by atoms with E-state index < -0.39 is 0 Å². The van der Waals surface area contributed by atoms with Gasteiger partial charge in [0.2, 0.25) is 11.9 Å². The van der Waals surface area contributed by atoms with Crippen LogP contribution in [0.5, 0.6) is 0 Å². The third-order valence-corrected chi connectivity index (χ3v) is 2.90. The van der Waals surface area contributed by atoms with E-state index >= 15 is 0 Å². The highest BCUT2D eigenvalue weighted by Gasteiger charge is 2.10. The van der Waals surface area contributed by atoms with Crippen LogP contribution in [0.4, 0.5) is 0 Å². The van der Waals surface area contributed by atoms with Crippen LogP contribution >= 0.6 is 0 Å². The molecular weight excluding hydrogens is 268 g/mol. The van der Waals surface area contributed by atoms with Gasteiger partial charge in [0.05, 0.1) is 0 Å². The van der Waals surface area contributed by atoms with Gasteiger partial charge in [-0.3, -0.25) is 24.9 Å².